The summed E-state index contributed by atoms with van der Waals surface area (Å²) >= 11 is 12.1. The molecule has 0 saturated carbocycles. The normalized spacial score (nSPS) is 11.2. The van der Waals surface area contributed by atoms with E-state index in [0.29, 0.717) is 11.3 Å². The van der Waals surface area contributed by atoms with Crippen molar-refractivity contribution in [2.24, 2.45) is 0 Å². The first kappa shape index (κ1) is 16.7. The van der Waals surface area contributed by atoms with Crippen LogP contribution in [0.1, 0.15) is 17.7 Å². The highest BCUT2D eigenvalue weighted by Gasteiger charge is 2.21. The lowest BCUT2D eigenvalue weighted by Crippen LogP contribution is -2.05. The highest BCUT2D eigenvalue weighted by Crippen LogP contribution is 2.34. The number of alkyl halides is 2. The Morgan fingerprint density at radius 1 is 1.17 bits per heavy atom. The third kappa shape index (κ3) is 2.95. The van der Waals surface area contributed by atoms with Crippen molar-refractivity contribution in [2.75, 3.05) is 5.73 Å². The fourth-order valence-corrected chi connectivity index (χ4v) is 2.64. The van der Waals surface area contributed by atoms with Crippen molar-refractivity contribution in [3.63, 3.8) is 0 Å². The van der Waals surface area contributed by atoms with Crippen molar-refractivity contribution in [1.82, 2.24) is 14.8 Å². The molecular formula is C16H12Cl2F2N4. The van der Waals surface area contributed by atoms with Crippen LogP contribution in [0.15, 0.2) is 36.5 Å². The van der Waals surface area contributed by atoms with Gasteiger partial charge in [0.25, 0.3) is 6.43 Å². The molecule has 0 bridgehead atoms. The van der Waals surface area contributed by atoms with Gasteiger partial charge in [0.2, 0.25) is 0 Å². The third-order valence-corrected chi connectivity index (χ3v) is 4.16. The molecule has 4 nitrogen and oxygen atoms in total. The summed E-state index contributed by atoms with van der Waals surface area (Å²) in [6.07, 6.45) is -1.42. The van der Waals surface area contributed by atoms with E-state index in [4.69, 9.17) is 28.9 Å². The van der Waals surface area contributed by atoms with Crippen LogP contribution in [-0.2, 0) is 0 Å². The van der Waals surface area contributed by atoms with Gasteiger partial charge < -0.3 is 5.73 Å². The molecule has 0 unspecified atom stereocenters. The number of nitrogen functional groups attached to an aromatic ring is 1. The maximum absolute atomic E-state index is 13.1. The largest absolute Gasteiger partial charge is 0.396 e. The second kappa shape index (κ2) is 6.37. The smallest absolute Gasteiger partial charge is 0.282 e. The van der Waals surface area contributed by atoms with Crippen LogP contribution in [0.3, 0.4) is 0 Å². The van der Waals surface area contributed by atoms with Gasteiger partial charge in [0.05, 0.1) is 22.6 Å². The minimum atomic E-state index is -2.72. The van der Waals surface area contributed by atoms with Crippen LogP contribution in [0.2, 0.25) is 10.0 Å². The number of nitrogens with two attached hydrogens (primary N) is 1. The number of hydrogen-bond donors (Lipinski definition) is 1. The molecule has 0 aliphatic carbocycles. The molecule has 124 valence electrons. The van der Waals surface area contributed by atoms with Gasteiger partial charge in [-0.2, -0.15) is 5.10 Å². The molecule has 0 radical (unpaired) electrons. The second-order valence-corrected chi connectivity index (χ2v) is 5.98. The van der Waals surface area contributed by atoms with Crippen molar-refractivity contribution in [2.45, 2.75) is 13.3 Å². The number of anilines is 1. The summed E-state index contributed by atoms with van der Waals surface area (Å²) in [6.45, 7) is 1.93. The van der Waals surface area contributed by atoms with E-state index in [0.717, 1.165) is 5.56 Å². The summed E-state index contributed by atoms with van der Waals surface area (Å²) in [5, 5.41) is 4.17. The number of aryl methyl sites for hydroxylation is 1. The number of nitrogens with zero attached hydrogens (tertiary/aromatic N) is 3. The molecule has 2 heterocycles. The molecule has 1 aromatic carbocycles. The molecule has 0 spiro atoms. The topological polar surface area (TPSA) is 56.7 Å². The van der Waals surface area contributed by atoms with Crippen LogP contribution in [-0.4, -0.2) is 14.8 Å². The monoisotopic (exact) mass is 368 g/mol. The minimum Gasteiger partial charge on any atom is -0.396 e. The van der Waals surface area contributed by atoms with Gasteiger partial charge in [-0.1, -0.05) is 53.0 Å². The maximum atomic E-state index is 13.1. The molecule has 0 amide bonds. The summed E-state index contributed by atoms with van der Waals surface area (Å²) in [5.41, 5.74) is 7.72. The first-order valence-corrected chi connectivity index (χ1v) is 7.69. The number of hydrogen-bond acceptors (Lipinski definition) is 3. The molecule has 8 heteroatoms. The van der Waals surface area contributed by atoms with Gasteiger partial charge in [-0.15, -0.1) is 0 Å². The summed E-state index contributed by atoms with van der Waals surface area (Å²) in [7, 11) is 0. The molecule has 0 aliphatic rings. The molecule has 0 atom stereocenters. The van der Waals surface area contributed by atoms with Crippen LogP contribution >= 0.6 is 23.2 Å². The molecule has 0 aliphatic heterocycles. The lowest BCUT2D eigenvalue weighted by atomic mass is 10.1. The SMILES string of the molecule is Cc1ccc(-c2cc(C(F)F)nn2-c2ncc(Cl)c(N)c2Cl)cc1. The number of benzene rings is 1. The first-order chi connectivity index (χ1) is 11.4. The standard InChI is InChI=1S/C16H12Cl2F2N4/c1-8-2-4-9(5-3-8)12-6-11(15(19)20)23-24(12)16-13(18)14(21)10(17)7-22-16/h2-7,15H,1H3,(H2,21,22). The Balaban J connectivity index is 2.24. The lowest BCUT2D eigenvalue weighted by Gasteiger charge is -2.10. The van der Waals surface area contributed by atoms with Gasteiger partial charge in [0.15, 0.2) is 5.82 Å². The molecule has 3 rings (SSSR count). The Hall–Kier alpha value is -2.18. The molecule has 0 saturated heterocycles. The van der Waals surface area contributed by atoms with Crippen molar-refractivity contribution in [3.8, 4) is 17.1 Å². The Kier molecular flexibility index (Phi) is 4.43. The van der Waals surface area contributed by atoms with Crippen LogP contribution in [0.4, 0.5) is 14.5 Å². The lowest BCUT2D eigenvalue weighted by molar-refractivity contribution is 0.145. The Morgan fingerprint density at radius 2 is 1.83 bits per heavy atom. The highest BCUT2D eigenvalue weighted by atomic mass is 35.5. The van der Waals surface area contributed by atoms with E-state index in [1.807, 2.05) is 31.2 Å². The van der Waals surface area contributed by atoms with E-state index in [1.54, 1.807) is 0 Å². The number of halogens is 4. The Morgan fingerprint density at radius 3 is 2.46 bits per heavy atom. The van der Waals surface area contributed by atoms with Gasteiger partial charge in [-0.25, -0.2) is 18.4 Å². The van der Waals surface area contributed by atoms with Gasteiger partial charge in [0, 0.05) is 5.56 Å². The summed E-state index contributed by atoms with van der Waals surface area (Å²) in [4.78, 5) is 4.10. The number of pyridine rings is 1. The summed E-state index contributed by atoms with van der Waals surface area (Å²) in [5.74, 6) is 0.140. The maximum Gasteiger partial charge on any atom is 0.282 e. The second-order valence-electron chi connectivity index (χ2n) is 5.19. The van der Waals surface area contributed by atoms with Crippen LogP contribution < -0.4 is 5.73 Å². The third-order valence-electron chi connectivity index (χ3n) is 3.49. The van der Waals surface area contributed by atoms with Gasteiger partial charge >= 0.3 is 0 Å². The number of aromatic nitrogens is 3. The van der Waals surface area contributed by atoms with E-state index in [1.165, 1.54) is 16.9 Å². The zero-order valence-corrected chi connectivity index (χ0v) is 14.0. The van der Waals surface area contributed by atoms with Gasteiger partial charge in [0.1, 0.15) is 10.7 Å². The van der Waals surface area contributed by atoms with Crippen LogP contribution in [0.25, 0.3) is 17.1 Å². The summed E-state index contributed by atoms with van der Waals surface area (Å²) in [6, 6.07) is 8.68. The van der Waals surface area contributed by atoms with E-state index in [9.17, 15) is 8.78 Å². The Bertz CT molecular complexity index is 892. The van der Waals surface area contributed by atoms with Gasteiger partial charge in [-0.3, -0.25) is 0 Å². The van der Waals surface area contributed by atoms with Gasteiger partial charge in [-0.05, 0) is 13.0 Å². The van der Waals surface area contributed by atoms with Crippen molar-refractivity contribution in [3.05, 3.63) is 57.8 Å². The fraction of sp³-hybridized carbons (Fsp3) is 0.125. The quantitative estimate of drug-likeness (QED) is 0.701. The van der Waals surface area contributed by atoms with Crippen LogP contribution in [0, 0.1) is 6.92 Å². The average molecular weight is 369 g/mol. The fourth-order valence-electron chi connectivity index (χ4n) is 2.21. The van der Waals surface area contributed by atoms with Crippen LogP contribution in [0.5, 0.6) is 0 Å². The van der Waals surface area contributed by atoms with Crippen molar-refractivity contribution in [1.29, 1.82) is 0 Å². The predicted octanol–water partition coefficient (Wildman–Crippen LogP) is 5.07. The van der Waals surface area contributed by atoms with Crippen molar-refractivity contribution >= 4 is 28.9 Å². The van der Waals surface area contributed by atoms with E-state index >= 15 is 0 Å². The zero-order chi connectivity index (χ0) is 17.4. The highest BCUT2D eigenvalue weighted by molar-refractivity contribution is 6.39. The molecule has 3 aromatic rings. The predicted molar refractivity (Wildman–Crippen MR) is 90.9 cm³/mol. The Labute approximate surface area is 146 Å². The molecular weight excluding hydrogens is 357 g/mol. The number of rotatable bonds is 3. The van der Waals surface area contributed by atoms with E-state index < -0.39 is 6.43 Å². The molecule has 0 fully saturated rings. The van der Waals surface area contributed by atoms with Crippen molar-refractivity contribution < 1.29 is 8.78 Å². The summed E-state index contributed by atoms with van der Waals surface area (Å²) < 4.78 is 27.5. The van der Waals surface area contributed by atoms with E-state index in [2.05, 4.69) is 10.1 Å². The average Bonchev–Trinajstić information content (AvgIpc) is 2.99. The zero-order valence-electron chi connectivity index (χ0n) is 12.5. The molecule has 24 heavy (non-hydrogen) atoms. The van der Waals surface area contributed by atoms with E-state index in [-0.39, 0.29) is 27.2 Å². The first-order valence-electron chi connectivity index (χ1n) is 6.93. The molecule has 2 N–H and O–H groups in total. The molecule has 2 aromatic heterocycles. The minimum absolute atomic E-state index is 0.0554.